The highest BCUT2D eigenvalue weighted by atomic mass is 127. The van der Waals surface area contributed by atoms with Gasteiger partial charge in [0.05, 0.1) is 6.54 Å². The Balaban J connectivity index is 2.17. The van der Waals surface area contributed by atoms with E-state index in [1.807, 2.05) is 0 Å². The average Bonchev–Trinajstić information content (AvgIpc) is 2.01. The number of carbonyl (C=O) groups is 1. The number of nitrogens with one attached hydrogen (secondary N) is 1. The molecule has 0 radical (unpaired) electrons. The summed E-state index contributed by atoms with van der Waals surface area (Å²) in [5, 5.41) is 2.81. The summed E-state index contributed by atoms with van der Waals surface area (Å²) in [6.45, 7) is 3.50. The molecule has 1 saturated heterocycles. The number of rotatable bonds is 3. The number of carbonyl (C=O) groups excluding carboxylic acids is 1. The zero-order valence-corrected chi connectivity index (χ0v) is 8.63. The molecule has 1 aliphatic heterocycles. The molecule has 64 valence electrons. The molecule has 0 unspecified atom stereocenters. The van der Waals surface area contributed by atoms with E-state index in [1.165, 1.54) is 10.8 Å². The number of nitrogens with zero attached hydrogens (tertiary/aromatic N) is 1. The van der Waals surface area contributed by atoms with Crippen LogP contribution in [0.3, 0.4) is 0 Å². The van der Waals surface area contributed by atoms with Gasteiger partial charge >= 0.3 is 0 Å². The van der Waals surface area contributed by atoms with Gasteiger partial charge < -0.3 is 5.32 Å². The van der Waals surface area contributed by atoms with E-state index in [1.54, 1.807) is 0 Å². The lowest BCUT2D eigenvalue weighted by Gasteiger charge is -2.25. The predicted octanol–water partition coefficient (Wildman–Crippen LogP) is 0.243. The van der Waals surface area contributed by atoms with E-state index in [0.29, 0.717) is 6.54 Å². The van der Waals surface area contributed by atoms with Crippen LogP contribution in [0.25, 0.3) is 0 Å². The van der Waals surface area contributed by atoms with E-state index in [-0.39, 0.29) is 5.91 Å². The summed E-state index contributed by atoms with van der Waals surface area (Å²) in [5.41, 5.74) is 0. The molecule has 3 nitrogen and oxygen atoms in total. The third-order valence-electron chi connectivity index (χ3n) is 1.73. The molecule has 0 atom stereocenters. The number of hydrogen-bond donors (Lipinski definition) is 1. The number of amides is 1. The summed E-state index contributed by atoms with van der Waals surface area (Å²) < 4.78 is 1.18. The van der Waals surface area contributed by atoms with Gasteiger partial charge in [-0.2, -0.15) is 0 Å². The Labute approximate surface area is 80.7 Å². The summed E-state index contributed by atoms with van der Waals surface area (Å²) >= 11 is 2.36. The summed E-state index contributed by atoms with van der Waals surface area (Å²) in [4.78, 5) is 13.1. The van der Waals surface area contributed by atoms with Gasteiger partial charge in [-0.05, 0) is 13.0 Å². The number of halogens is 1. The highest BCUT2D eigenvalue weighted by Crippen LogP contribution is 1.97. The second-order valence-electron chi connectivity index (χ2n) is 2.67. The molecule has 1 N–H and O–H groups in total. The van der Waals surface area contributed by atoms with Crippen LogP contribution in [0.1, 0.15) is 6.42 Å². The minimum Gasteiger partial charge on any atom is -0.354 e. The minimum absolute atomic E-state index is 0.171. The fraction of sp³-hybridized carbons (Fsp3) is 0.857. The van der Waals surface area contributed by atoms with E-state index in [9.17, 15) is 4.79 Å². The van der Waals surface area contributed by atoms with Crippen molar-refractivity contribution in [2.75, 3.05) is 30.6 Å². The largest absolute Gasteiger partial charge is 0.354 e. The van der Waals surface area contributed by atoms with Crippen LogP contribution in [0.15, 0.2) is 0 Å². The first kappa shape index (κ1) is 9.25. The third kappa shape index (κ3) is 3.37. The minimum atomic E-state index is 0.171. The van der Waals surface area contributed by atoms with Crippen LogP contribution in [-0.2, 0) is 4.79 Å². The van der Waals surface area contributed by atoms with E-state index >= 15 is 0 Å². The molecule has 4 heteroatoms. The van der Waals surface area contributed by atoms with Gasteiger partial charge in [0.15, 0.2) is 0 Å². The van der Waals surface area contributed by atoms with Crippen molar-refractivity contribution in [1.29, 1.82) is 0 Å². The normalized spacial score (nSPS) is 19.9. The highest BCUT2D eigenvalue weighted by Gasteiger charge is 2.14. The first-order valence-electron chi connectivity index (χ1n) is 3.88. The lowest BCUT2D eigenvalue weighted by Crippen LogP contribution is -2.47. The standard InChI is InChI=1S/C7H13IN2O/c8-2-1-4-10-5-3-9-7(11)6-10/h1-6H2,(H,9,11). The maximum absolute atomic E-state index is 10.9. The molecule has 0 spiro atoms. The Hall–Kier alpha value is 0.160. The number of hydrogen-bond acceptors (Lipinski definition) is 2. The Morgan fingerprint density at radius 1 is 1.64 bits per heavy atom. The lowest BCUT2D eigenvalue weighted by molar-refractivity contribution is -0.124. The monoisotopic (exact) mass is 268 g/mol. The van der Waals surface area contributed by atoms with E-state index in [2.05, 4.69) is 32.8 Å². The van der Waals surface area contributed by atoms with Crippen LogP contribution >= 0.6 is 22.6 Å². The van der Waals surface area contributed by atoms with Crippen LogP contribution in [-0.4, -0.2) is 41.4 Å². The van der Waals surface area contributed by atoms with Crippen molar-refractivity contribution in [3.05, 3.63) is 0 Å². The molecule has 0 aromatic rings. The van der Waals surface area contributed by atoms with E-state index < -0.39 is 0 Å². The zero-order valence-electron chi connectivity index (χ0n) is 6.48. The zero-order chi connectivity index (χ0) is 8.10. The molecule has 0 aliphatic carbocycles. The van der Waals surface area contributed by atoms with Crippen LogP contribution in [0.4, 0.5) is 0 Å². The van der Waals surface area contributed by atoms with Gasteiger partial charge in [-0.15, -0.1) is 0 Å². The fourth-order valence-electron chi connectivity index (χ4n) is 1.17. The average molecular weight is 268 g/mol. The summed E-state index contributed by atoms with van der Waals surface area (Å²) in [7, 11) is 0. The second kappa shape index (κ2) is 4.92. The van der Waals surface area contributed by atoms with Crippen molar-refractivity contribution in [1.82, 2.24) is 10.2 Å². The molecule has 1 aliphatic rings. The quantitative estimate of drug-likeness (QED) is 0.587. The number of alkyl halides is 1. The van der Waals surface area contributed by atoms with Gasteiger partial charge in [0, 0.05) is 17.5 Å². The number of piperazine rings is 1. The van der Waals surface area contributed by atoms with Crippen LogP contribution in [0.2, 0.25) is 0 Å². The Morgan fingerprint density at radius 3 is 3.09 bits per heavy atom. The Bertz CT molecular complexity index is 140. The Morgan fingerprint density at radius 2 is 2.45 bits per heavy atom. The maximum atomic E-state index is 10.9. The SMILES string of the molecule is O=C1CN(CCCI)CCN1. The van der Waals surface area contributed by atoms with Gasteiger partial charge in [0.25, 0.3) is 0 Å². The van der Waals surface area contributed by atoms with Crippen molar-refractivity contribution in [3.63, 3.8) is 0 Å². The smallest absolute Gasteiger partial charge is 0.234 e. The topological polar surface area (TPSA) is 32.3 Å². The van der Waals surface area contributed by atoms with Crippen LogP contribution in [0, 0.1) is 0 Å². The molecule has 0 aromatic heterocycles. The summed E-state index contributed by atoms with van der Waals surface area (Å²) in [5.74, 6) is 0.171. The molecule has 0 bridgehead atoms. The van der Waals surface area contributed by atoms with Gasteiger partial charge in [-0.3, -0.25) is 9.69 Å². The highest BCUT2D eigenvalue weighted by molar-refractivity contribution is 14.1. The van der Waals surface area contributed by atoms with E-state index in [4.69, 9.17) is 0 Å². The van der Waals surface area contributed by atoms with Crippen molar-refractivity contribution < 1.29 is 4.79 Å². The van der Waals surface area contributed by atoms with Gasteiger partial charge in [0.1, 0.15) is 0 Å². The first-order chi connectivity index (χ1) is 5.33. The van der Waals surface area contributed by atoms with Crippen LogP contribution in [0.5, 0.6) is 0 Å². The van der Waals surface area contributed by atoms with E-state index in [0.717, 1.165) is 19.6 Å². The third-order valence-corrected chi connectivity index (χ3v) is 2.49. The summed E-state index contributed by atoms with van der Waals surface area (Å²) in [6.07, 6.45) is 1.19. The van der Waals surface area contributed by atoms with Crippen molar-refractivity contribution in [3.8, 4) is 0 Å². The molecule has 1 heterocycles. The Kier molecular flexibility index (Phi) is 4.14. The van der Waals surface area contributed by atoms with Gasteiger partial charge in [-0.25, -0.2) is 0 Å². The molecule has 1 fully saturated rings. The van der Waals surface area contributed by atoms with Crippen molar-refractivity contribution >= 4 is 28.5 Å². The first-order valence-corrected chi connectivity index (χ1v) is 5.40. The fourth-order valence-corrected chi connectivity index (χ4v) is 1.51. The van der Waals surface area contributed by atoms with Gasteiger partial charge in [-0.1, -0.05) is 22.6 Å². The van der Waals surface area contributed by atoms with Crippen LogP contribution < -0.4 is 5.32 Å². The predicted molar refractivity (Wildman–Crippen MR) is 53.0 cm³/mol. The molecule has 11 heavy (non-hydrogen) atoms. The molecular weight excluding hydrogens is 255 g/mol. The van der Waals surface area contributed by atoms with Crippen molar-refractivity contribution in [2.45, 2.75) is 6.42 Å². The molecule has 0 aromatic carbocycles. The lowest BCUT2D eigenvalue weighted by atomic mass is 10.3. The molecule has 1 amide bonds. The molecular formula is C7H13IN2O. The maximum Gasteiger partial charge on any atom is 0.234 e. The molecule has 1 rings (SSSR count). The van der Waals surface area contributed by atoms with Gasteiger partial charge in [0.2, 0.25) is 5.91 Å². The molecule has 0 saturated carbocycles. The van der Waals surface area contributed by atoms with Crippen molar-refractivity contribution in [2.24, 2.45) is 0 Å². The summed E-state index contributed by atoms with van der Waals surface area (Å²) in [6, 6.07) is 0. The second-order valence-corrected chi connectivity index (χ2v) is 3.75.